The molecule has 1 aliphatic rings. The zero-order valence-electron chi connectivity index (χ0n) is 8.89. The van der Waals surface area contributed by atoms with Gasteiger partial charge in [0.25, 0.3) is 0 Å². The van der Waals surface area contributed by atoms with Crippen LogP contribution >= 0.6 is 22.9 Å². The van der Waals surface area contributed by atoms with Crippen molar-refractivity contribution in [3.8, 4) is 0 Å². The molecular weight excluding hydrogens is 258 g/mol. The molecule has 0 unspecified atom stereocenters. The monoisotopic (exact) mass is 267 g/mol. The summed E-state index contributed by atoms with van der Waals surface area (Å²) in [7, 11) is 0. The zero-order chi connectivity index (χ0) is 11.8. The number of halogens is 1. The van der Waals surface area contributed by atoms with Crippen LogP contribution in [0.4, 0.5) is 0 Å². The minimum Gasteiger partial charge on any atom is -0.350 e. The van der Waals surface area contributed by atoms with Crippen molar-refractivity contribution in [2.45, 2.75) is 18.9 Å². The number of nitrogens with zero attached hydrogens (tertiary/aromatic N) is 2. The van der Waals surface area contributed by atoms with E-state index in [0.717, 1.165) is 23.5 Å². The normalized spacial score (nSPS) is 15.8. The summed E-state index contributed by atoms with van der Waals surface area (Å²) in [5.41, 5.74) is 0.744. The fourth-order valence-electron chi connectivity index (χ4n) is 1.56. The summed E-state index contributed by atoms with van der Waals surface area (Å²) >= 11 is 7.51. The van der Waals surface area contributed by atoms with E-state index in [1.54, 1.807) is 6.08 Å². The Kier molecular flexibility index (Phi) is 2.64. The van der Waals surface area contributed by atoms with Crippen LogP contribution < -0.4 is 5.32 Å². The first kappa shape index (κ1) is 10.8. The standard InChI is InChI=1S/C11H10ClN3OS/c12-10-8(15-5-6-17-11(15)14-10)3-4-9(16)13-7-1-2-7/h3-7H,1-2H2,(H,13,16)/b4-3-. The molecule has 3 rings (SSSR count). The molecular formula is C11H10ClN3OS. The molecule has 1 N–H and O–H groups in total. The molecule has 1 saturated carbocycles. The minimum atomic E-state index is -0.0752. The number of thiazole rings is 1. The van der Waals surface area contributed by atoms with E-state index in [1.807, 2.05) is 16.0 Å². The van der Waals surface area contributed by atoms with Crippen molar-refractivity contribution >= 4 is 39.9 Å². The van der Waals surface area contributed by atoms with Gasteiger partial charge in [0.15, 0.2) is 10.1 Å². The van der Waals surface area contributed by atoms with Gasteiger partial charge in [0.1, 0.15) is 0 Å². The Hall–Kier alpha value is -1.33. The van der Waals surface area contributed by atoms with Crippen molar-refractivity contribution in [2.75, 3.05) is 0 Å². The number of imidazole rings is 1. The van der Waals surface area contributed by atoms with Crippen LogP contribution in [0.2, 0.25) is 5.15 Å². The van der Waals surface area contributed by atoms with Gasteiger partial charge in [-0.15, -0.1) is 11.3 Å². The molecule has 1 aliphatic carbocycles. The molecule has 0 aromatic carbocycles. The summed E-state index contributed by atoms with van der Waals surface area (Å²) in [6.07, 6.45) is 7.26. The van der Waals surface area contributed by atoms with E-state index in [4.69, 9.17) is 11.6 Å². The number of hydrogen-bond donors (Lipinski definition) is 1. The van der Waals surface area contributed by atoms with Crippen LogP contribution in [0.3, 0.4) is 0 Å². The summed E-state index contributed by atoms with van der Waals surface area (Å²) in [6.45, 7) is 0. The van der Waals surface area contributed by atoms with E-state index in [1.165, 1.54) is 17.4 Å². The smallest absolute Gasteiger partial charge is 0.244 e. The van der Waals surface area contributed by atoms with Crippen molar-refractivity contribution in [3.63, 3.8) is 0 Å². The second-order valence-electron chi connectivity index (χ2n) is 3.96. The number of rotatable bonds is 3. The maximum atomic E-state index is 11.5. The summed E-state index contributed by atoms with van der Waals surface area (Å²) in [6, 6.07) is 0.370. The second-order valence-corrected chi connectivity index (χ2v) is 5.19. The lowest BCUT2D eigenvalue weighted by atomic mass is 10.4. The second kappa shape index (κ2) is 4.16. The predicted octanol–water partition coefficient (Wildman–Crippen LogP) is 2.34. The number of nitrogens with one attached hydrogen (secondary N) is 1. The molecule has 17 heavy (non-hydrogen) atoms. The molecule has 2 aromatic heterocycles. The Morgan fingerprint density at radius 2 is 2.47 bits per heavy atom. The lowest BCUT2D eigenvalue weighted by Crippen LogP contribution is -2.22. The molecule has 0 atom stereocenters. The van der Waals surface area contributed by atoms with Gasteiger partial charge in [0.05, 0.1) is 5.69 Å². The highest BCUT2D eigenvalue weighted by Gasteiger charge is 2.22. The largest absolute Gasteiger partial charge is 0.350 e. The fraction of sp³-hybridized carbons (Fsp3) is 0.273. The van der Waals surface area contributed by atoms with Gasteiger partial charge in [0.2, 0.25) is 5.91 Å². The van der Waals surface area contributed by atoms with Gasteiger partial charge in [0, 0.05) is 23.7 Å². The topological polar surface area (TPSA) is 46.4 Å². The van der Waals surface area contributed by atoms with Crippen molar-refractivity contribution in [1.82, 2.24) is 14.7 Å². The maximum absolute atomic E-state index is 11.5. The zero-order valence-corrected chi connectivity index (χ0v) is 10.5. The van der Waals surface area contributed by atoms with Crippen LogP contribution in [-0.2, 0) is 4.79 Å². The number of carbonyl (C=O) groups is 1. The van der Waals surface area contributed by atoms with Crippen LogP contribution in [0.5, 0.6) is 0 Å². The third kappa shape index (κ3) is 2.21. The summed E-state index contributed by atoms with van der Waals surface area (Å²) in [5, 5.41) is 5.24. The maximum Gasteiger partial charge on any atom is 0.244 e. The molecule has 0 spiro atoms. The Labute approximate surface area is 107 Å². The highest BCUT2D eigenvalue weighted by molar-refractivity contribution is 7.15. The molecule has 0 aliphatic heterocycles. The van der Waals surface area contributed by atoms with E-state index in [2.05, 4.69) is 10.3 Å². The SMILES string of the molecule is O=C(/C=C\c1c(Cl)nc2sccn12)NC1CC1. The number of amides is 1. The third-order valence-corrected chi connectivity index (χ3v) is 3.61. The molecule has 0 radical (unpaired) electrons. The molecule has 1 fully saturated rings. The van der Waals surface area contributed by atoms with E-state index >= 15 is 0 Å². The van der Waals surface area contributed by atoms with Gasteiger partial charge in [-0.05, 0) is 18.9 Å². The number of hydrogen-bond acceptors (Lipinski definition) is 3. The molecule has 2 heterocycles. The molecule has 4 nitrogen and oxygen atoms in total. The predicted molar refractivity (Wildman–Crippen MR) is 68.3 cm³/mol. The fourth-order valence-corrected chi connectivity index (χ4v) is 2.56. The lowest BCUT2D eigenvalue weighted by Gasteiger charge is -1.96. The van der Waals surface area contributed by atoms with E-state index < -0.39 is 0 Å². The lowest BCUT2D eigenvalue weighted by molar-refractivity contribution is -0.116. The van der Waals surface area contributed by atoms with Crippen molar-refractivity contribution < 1.29 is 4.79 Å². The van der Waals surface area contributed by atoms with Crippen LogP contribution in [0.25, 0.3) is 11.0 Å². The Bertz CT molecular complexity index is 597. The van der Waals surface area contributed by atoms with Crippen LogP contribution in [0, 0.1) is 0 Å². The Morgan fingerprint density at radius 3 is 3.24 bits per heavy atom. The van der Waals surface area contributed by atoms with Crippen molar-refractivity contribution in [1.29, 1.82) is 0 Å². The number of aromatic nitrogens is 2. The van der Waals surface area contributed by atoms with E-state index in [0.29, 0.717) is 11.2 Å². The Morgan fingerprint density at radius 1 is 1.65 bits per heavy atom. The van der Waals surface area contributed by atoms with Crippen molar-refractivity contribution in [3.05, 3.63) is 28.5 Å². The average Bonchev–Trinajstić information content (AvgIpc) is 2.88. The van der Waals surface area contributed by atoms with Crippen molar-refractivity contribution in [2.24, 2.45) is 0 Å². The van der Waals surface area contributed by atoms with Gasteiger partial charge in [-0.1, -0.05) is 11.6 Å². The van der Waals surface area contributed by atoms with Gasteiger partial charge < -0.3 is 5.32 Å². The first-order valence-electron chi connectivity index (χ1n) is 5.33. The van der Waals surface area contributed by atoms with E-state index in [9.17, 15) is 4.79 Å². The summed E-state index contributed by atoms with van der Waals surface area (Å²) < 4.78 is 1.87. The van der Waals surface area contributed by atoms with E-state index in [-0.39, 0.29) is 5.91 Å². The van der Waals surface area contributed by atoms with Gasteiger partial charge in [-0.2, -0.15) is 0 Å². The van der Waals surface area contributed by atoms with Crippen LogP contribution in [-0.4, -0.2) is 21.3 Å². The number of fused-ring (bicyclic) bond motifs is 1. The quantitative estimate of drug-likeness (QED) is 0.868. The minimum absolute atomic E-state index is 0.0752. The molecule has 0 bridgehead atoms. The van der Waals surface area contributed by atoms with Crippen LogP contribution in [0.15, 0.2) is 17.7 Å². The van der Waals surface area contributed by atoms with Gasteiger partial charge >= 0.3 is 0 Å². The highest BCUT2D eigenvalue weighted by atomic mass is 35.5. The first-order chi connectivity index (χ1) is 8.24. The highest BCUT2D eigenvalue weighted by Crippen LogP contribution is 2.22. The van der Waals surface area contributed by atoms with Crippen LogP contribution in [0.1, 0.15) is 18.5 Å². The summed E-state index contributed by atoms with van der Waals surface area (Å²) in [5.74, 6) is -0.0752. The molecule has 0 saturated heterocycles. The average molecular weight is 268 g/mol. The summed E-state index contributed by atoms with van der Waals surface area (Å²) in [4.78, 5) is 16.5. The molecule has 1 amide bonds. The third-order valence-electron chi connectivity index (χ3n) is 2.57. The van der Waals surface area contributed by atoms with Gasteiger partial charge in [-0.25, -0.2) is 4.98 Å². The molecule has 2 aromatic rings. The molecule has 88 valence electrons. The molecule has 6 heteroatoms. The van der Waals surface area contributed by atoms with Gasteiger partial charge in [-0.3, -0.25) is 9.20 Å². The first-order valence-corrected chi connectivity index (χ1v) is 6.59. The Balaban J connectivity index is 1.82. The number of carbonyl (C=O) groups excluding carboxylic acids is 1.